The van der Waals surface area contributed by atoms with Gasteiger partial charge >= 0.3 is 0 Å². The van der Waals surface area contributed by atoms with Gasteiger partial charge in [-0.15, -0.1) is 0 Å². The van der Waals surface area contributed by atoms with Crippen LogP contribution in [-0.2, 0) is 4.74 Å². The lowest BCUT2D eigenvalue weighted by Crippen LogP contribution is -2.38. The van der Waals surface area contributed by atoms with Crippen molar-refractivity contribution in [2.75, 3.05) is 46.9 Å². The maximum Gasteiger partial charge on any atom is 0.254 e. The maximum atomic E-state index is 13.5. The molecule has 0 spiro atoms. The van der Waals surface area contributed by atoms with Crippen molar-refractivity contribution in [3.05, 3.63) is 41.3 Å². The molecule has 1 aliphatic rings. The van der Waals surface area contributed by atoms with Gasteiger partial charge in [0.15, 0.2) is 0 Å². The largest absolute Gasteiger partial charge is 0.379 e. The van der Waals surface area contributed by atoms with Crippen LogP contribution in [0.15, 0.2) is 24.3 Å². The minimum Gasteiger partial charge on any atom is -0.379 e. The average Bonchev–Trinajstić information content (AvgIpc) is 2.78. The summed E-state index contributed by atoms with van der Waals surface area (Å²) >= 11 is 0. The molecule has 0 aliphatic carbocycles. The van der Waals surface area contributed by atoms with Gasteiger partial charge < -0.3 is 14.5 Å². The molecule has 134 valence electrons. The standard InChI is InChI=1S/C19H24FN3O2/c1-13-8-17(16-5-4-15(20)9-18(16)21-13)19(24)23-6-7-25-12-14(11-23)10-22(2)3/h4-5,8-9,14H,6-7,10-12H2,1-3H3/t14-/m0/s1. The number of halogens is 1. The molecule has 1 fully saturated rings. The van der Waals surface area contributed by atoms with Gasteiger partial charge in [0.1, 0.15) is 5.82 Å². The molecule has 0 radical (unpaired) electrons. The molecule has 2 heterocycles. The number of fused-ring (bicyclic) bond motifs is 1. The Morgan fingerprint density at radius 2 is 2.20 bits per heavy atom. The number of nitrogens with zero attached hydrogens (tertiary/aromatic N) is 3. The number of rotatable bonds is 3. The summed E-state index contributed by atoms with van der Waals surface area (Å²) in [4.78, 5) is 21.5. The molecule has 1 saturated heterocycles. The topological polar surface area (TPSA) is 45.7 Å². The minimum absolute atomic E-state index is 0.0450. The summed E-state index contributed by atoms with van der Waals surface area (Å²) in [6, 6.07) is 6.17. The van der Waals surface area contributed by atoms with E-state index in [1.165, 1.54) is 12.1 Å². The van der Waals surface area contributed by atoms with Gasteiger partial charge in [-0.25, -0.2) is 4.39 Å². The molecule has 0 N–H and O–H groups in total. The number of ether oxygens (including phenoxy) is 1. The Bertz CT molecular complexity index is 773. The van der Waals surface area contributed by atoms with Crippen molar-refractivity contribution in [1.82, 2.24) is 14.8 Å². The molecule has 0 unspecified atom stereocenters. The normalized spacial score (nSPS) is 18.6. The van der Waals surface area contributed by atoms with Gasteiger partial charge in [-0.05, 0) is 39.2 Å². The Morgan fingerprint density at radius 1 is 1.40 bits per heavy atom. The molecule has 5 nitrogen and oxygen atoms in total. The van der Waals surface area contributed by atoms with E-state index >= 15 is 0 Å². The molecule has 6 heteroatoms. The quantitative estimate of drug-likeness (QED) is 0.857. The summed E-state index contributed by atoms with van der Waals surface area (Å²) in [5.74, 6) is -0.123. The van der Waals surface area contributed by atoms with Gasteiger partial charge in [-0.2, -0.15) is 0 Å². The van der Waals surface area contributed by atoms with Crippen LogP contribution in [0.25, 0.3) is 10.9 Å². The summed E-state index contributed by atoms with van der Waals surface area (Å²) in [6.07, 6.45) is 0. The molecule has 1 amide bonds. The van der Waals surface area contributed by atoms with E-state index < -0.39 is 0 Å². The predicted molar refractivity (Wildman–Crippen MR) is 95.2 cm³/mol. The second-order valence-corrected chi connectivity index (χ2v) is 6.93. The number of hydrogen-bond acceptors (Lipinski definition) is 4. The Morgan fingerprint density at radius 3 is 2.96 bits per heavy atom. The Balaban J connectivity index is 1.92. The average molecular weight is 345 g/mol. The fourth-order valence-electron chi connectivity index (χ4n) is 3.37. The van der Waals surface area contributed by atoms with E-state index in [0.29, 0.717) is 48.5 Å². The zero-order chi connectivity index (χ0) is 18.0. The summed E-state index contributed by atoms with van der Waals surface area (Å²) < 4.78 is 19.2. The zero-order valence-corrected chi connectivity index (χ0v) is 15.0. The molecule has 1 atom stereocenters. The fraction of sp³-hybridized carbons (Fsp3) is 0.474. The van der Waals surface area contributed by atoms with E-state index in [4.69, 9.17) is 4.74 Å². The second-order valence-electron chi connectivity index (χ2n) is 6.93. The third-order valence-electron chi connectivity index (χ3n) is 4.38. The van der Waals surface area contributed by atoms with Crippen molar-refractivity contribution in [3.63, 3.8) is 0 Å². The highest BCUT2D eigenvalue weighted by Crippen LogP contribution is 2.22. The molecule has 1 aromatic heterocycles. The first-order chi connectivity index (χ1) is 11.9. The second kappa shape index (κ2) is 7.45. The van der Waals surface area contributed by atoms with Crippen molar-refractivity contribution in [3.8, 4) is 0 Å². The van der Waals surface area contributed by atoms with Crippen LogP contribution in [0, 0.1) is 18.7 Å². The molecule has 1 aliphatic heterocycles. The first-order valence-corrected chi connectivity index (χ1v) is 8.52. The highest BCUT2D eigenvalue weighted by molar-refractivity contribution is 6.06. The van der Waals surface area contributed by atoms with E-state index in [2.05, 4.69) is 9.88 Å². The van der Waals surface area contributed by atoms with E-state index in [-0.39, 0.29) is 17.6 Å². The highest BCUT2D eigenvalue weighted by atomic mass is 19.1. The van der Waals surface area contributed by atoms with E-state index in [1.54, 1.807) is 12.1 Å². The summed E-state index contributed by atoms with van der Waals surface area (Å²) in [5.41, 5.74) is 1.80. The molecule has 0 saturated carbocycles. The molecule has 0 bridgehead atoms. The van der Waals surface area contributed by atoms with Crippen LogP contribution in [0.5, 0.6) is 0 Å². The van der Waals surface area contributed by atoms with Crippen molar-refractivity contribution in [1.29, 1.82) is 0 Å². The number of carbonyl (C=O) groups excluding carboxylic acids is 1. The van der Waals surface area contributed by atoms with Gasteiger partial charge in [-0.1, -0.05) is 0 Å². The van der Waals surface area contributed by atoms with Crippen LogP contribution in [0.4, 0.5) is 4.39 Å². The molecule has 25 heavy (non-hydrogen) atoms. The summed E-state index contributed by atoms with van der Waals surface area (Å²) in [7, 11) is 4.04. The molecule has 2 aromatic rings. The molecular formula is C19H24FN3O2. The SMILES string of the molecule is Cc1cc(C(=O)N2CCOC[C@@H](CN(C)C)C2)c2ccc(F)cc2n1. The molecular weight excluding hydrogens is 321 g/mol. The maximum absolute atomic E-state index is 13.5. The van der Waals surface area contributed by atoms with Gasteiger partial charge in [0, 0.05) is 42.7 Å². The predicted octanol–water partition coefficient (Wildman–Crippen LogP) is 2.33. The molecule has 1 aromatic carbocycles. The zero-order valence-electron chi connectivity index (χ0n) is 15.0. The van der Waals surface area contributed by atoms with Gasteiger partial charge in [0.05, 0.1) is 24.3 Å². The highest BCUT2D eigenvalue weighted by Gasteiger charge is 2.25. The van der Waals surface area contributed by atoms with Gasteiger partial charge in [0.2, 0.25) is 0 Å². The van der Waals surface area contributed by atoms with Crippen molar-refractivity contribution in [2.24, 2.45) is 5.92 Å². The summed E-state index contributed by atoms with van der Waals surface area (Å²) in [6.45, 7) is 5.09. The van der Waals surface area contributed by atoms with E-state index in [9.17, 15) is 9.18 Å². The third-order valence-corrected chi connectivity index (χ3v) is 4.38. The fourth-order valence-corrected chi connectivity index (χ4v) is 3.37. The van der Waals surface area contributed by atoms with Crippen LogP contribution in [0.2, 0.25) is 0 Å². The number of amides is 1. The van der Waals surface area contributed by atoms with Crippen LogP contribution in [-0.4, -0.2) is 67.6 Å². The van der Waals surface area contributed by atoms with Crippen molar-refractivity contribution >= 4 is 16.8 Å². The van der Waals surface area contributed by atoms with E-state index in [1.807, 2.05) is 25.9 Å². The lowest BCUT2D eigenvalue weighted by molar-refractivity contribution is 0.0737. The van der Waals surface area contributed by atoms with Crippen LogP contribution < -0.4 is 0 Å². The van der Waals surface area contributed by atoms with Crippen LogP contribution in [0.1, 0.15) is 16.1 Å². The number of benzene rings is 1. The minimum atomic E-state index is -0.349. The number of hydrogen-bond donors (Lipinski definition) is 0. The smallest absolute Gasteiger partial charge is 0.254 e. The van der Waals surface area contributed by atoms with Crippen LogP contribution in [0.3, 0.4) is 0 Å². The number of aryl methyl sites for hydroxylation is 1. The number of pyridine rings is 1. The number of aromatic nitrogens is 1. The first kappa shape index (κ1) is 17.8. The Hall–Kier alpha value is -2.05. The monoisotopic (exact) mass is 345 g/mol. The third kappa shape index (κ3) is 4.14. The van der Waals surface area contributed by atoms with Crippen molar-refractivity contribution in [2.45, 2.75) is 6.92 Å². The summed E-state index contributed by atoms with van der Waals surface area (Å²) in [5, 5.41) is 0.686. The van der Waals surface area contributed by atoms with Crippen molar-refractivity contribution < 1.29 is 13.9 Å². The Kier molecular flexibility index (Phi) is 5.30. The lowest BCUT2D eigenvalue weighted by Gasteiger charge is -2.26. The van der Waals surface area contributed by atoms with Crippen LogP contribution >= 0.6 is 0 Å². The Labute approximate surface area is 147 Å². The lowest BCUT2D eigenvalue weighted by atomic mass is 10.0. The molecule has 3 rings (SSSR count). The van der Waals surface area contributed by atoms with Gasteiger partial charge in [0.25, 0.3) is 5.91 Å². The number of carbonyl (C=O) groups is 1. The van der Waals surface area contributed by atoms with Gasteiger partial charge in [-0.3, -0.25) is 9.78 Å². The van der Waals surface area contributed by atoms with E-state index in [0.717, 1.165) is 6.54 Å². The first-order valence-electron chi connectivity index (χ1n) is 8.52.